The summed E-state index contributed by atoms with van der Waals surface area (Å²) in [6.45, 7) is 3.29. The first-order valence-electron chi connectivity index (χ1n) is 7.98. The number of ether oxygens (including phenoxy) is 1. The summed E-state index contributed by atoms with van der Waals surface area (Å²) in [4.78, 5) is 23.5. The maximum atomic E-state index is 11.0. The molecule has 128 valence electrons. The van der Waals surface area contributed by atoms with Crippen molar-refractivity contribution in [1.29, 1.82) is 0 Å². The summed E-state index contributed by atoms with van der Waals surface area (Å²) in [7, 11) is 1.51. The number of rotatable bonds is 7. The molecule has 0 spiro atoms. The van der Waals surface area contributed by atoms with E-state index in [1.807, 2.05) is 6.08 Å². The fourth-order valence-electron chi connectivity index (χ4n) is 2.56. The Morgan fingerprint density at radius 2 is 2.26 bits per heavy atom. The van der Waals surface area contributed by atoms with Crippen molar-refractivity contribution in [2.24, 2.45) is 15.5 Å². The highest BCUT2D eigenvalue weighted by atomic mass is 16.6. The molecular weight excluding hydrogens is 300 g/mol. The molecule has 0 aromatic heterocycles. The summed E-state index contributed by atoms with van der Waals surface area (Å²) < 4.78 is 5.20. The van der Waals surface area contributed by atoms with Crippen LogP contribution in [0.2, 0.25) is 0 Å². The van der Waals surface area contributed by atoms with Gasteiger partial charge in [0.15, 0.2) is 0 Å². The zero-order valence-corrected chi connectivity index (χ0v) is 13.5. The average Bonchev–Trinajstić information content (AvgIpc) is 2.88. The molecule has 0 bridgehead atoms. The second kappa shape index (κ2) is 9.94. The van der Waals surface area contributed by atoms with Gasteiger partial charge in [0, 0.05) is 13.0 Å². The number of nitrogens with zero attached hydrogens (tertiary/aromatic N) is 4. The molecule has 2 heterocycles. The third kappa shape index (κ3) is 5.97. The molecule has 0 amide bonds. The Hall–Kier alpha value is -1.96. The number of oxime groups is 2. The lowest BCUT2D eigenvalue weighted by molar-refractivity contribution is 0.104. The largest absolute Gasteiger partial charge is 0.478 e. The molecule has 2 aliphatic heterocycles. The molecule has 2 rings (SSSR count). The Bertz CT molecular complexity index is 458. The zero-order chi connectivity index (χ0) is 16.3. The molecule has 8 nitrogen and oxygen atoms in total. The van der Waals surface area contributed by atoms with Gasteiger partial charge < -0.3 is 19.3 Å². The quantitative estimate of drug-likeness (QED) is 0.309. The lowest BCUT2D eigenvalue weighted by atomic mass is 10.1. The van der Waals surface area contributed by atoms with Gasteiger partial charge in [-0.05, 0) is 31.1 Å². The summed E-state index contributed by atoms with van der Waals surface area (Å²) in [6, 6.07) is -0.435. The van der Waals surface area contributed by atoms with Crippen molar-refractivity contribution in [3.63, 3.8) is 0 Å². The Morgan fingerprint density at radius 1 is 1.43 bits per heavy atom. The Morgan fingerprint density at radius 3 is 3.00 bits per heavy atom. The zero-order valence-electron chi connectivity index (χ0n) is 13.5. The summed E-state index contributed by atoms with van der Waals surface area (Å²) in [6.07, 6.45) is 7.76. The van der Waals surface area contributed by atoms with Gasteiger partial charge in [-0.2, -0.15) is 4.91 Å². The molecule has 1 unspecified atom stereocenters. The minimum Gasteiger partial charge on any atom is -0.478 e. The van der Waals surface area contributed by atoms with Crippen LogP contribution in [0.5, 0.6) is 0 Å². The number of hydrogen-bond donors (Lipinski definition) is 0. The number of methoxy groups -OCH3 is 1. The van der Waals surface area contributed by atoms with Crippen LogP contribution in [0.1, 0.15) is 25.7 Å². The van der Waals surface area contributed by atoms with Gasteiger partial charge in [0.05, 0.1) is 18.9 Å². The summed E-state index contributed by atoms with van der Waals surface area (Å²) in [5.74, 6) is 0.307. The fraction of sp³-hybridized carbons (Fsp3) is 0.733. The molecule has 1 atom stereocenters. The molecule has 0 aliphatic carbocycles. The topological polar surface area (TPSA) is 85.1 Å². The summed E-state index contributed by atoms with van der Waals surface area (Å²) in [5.41, 5.74) is 0.691. The van der Waals surface area contributed by atoms with E-state index in [1.165, 1.54) is 32.6 Å². The lowest BCUT2D eigenvalue weighted by Crippen LogP contribution is -2.37. The van der Waals surface area contributed by atoms with Crippen molar-refractivity contribution >= 4 is 12.1 Å². The van der Waals surface area contributed by atoms with Crippen LogP contribution in [-0.4, -0.2) is 63.0 Å². The molecule has 1 saturated heterocycles. The van der Waals surface area contributed by atoms with Crippen molar-refractivity contribution in [1.82, 2.24) is 4.90 Å². The highest BCUT2D eigenvalue weighted by Gasteiger charge is 2.18. The smallest absolute Gasteiger partial charge is 0.258 e. The molecule has 2 aliphatic rings. The summed E-state index contributed by atoms with van der Waals surface area (Å²) in [5, 5.41) is 10.9. The molecule has 0 saturated carbocycles. The van der Waals surface area contributed by atoms with Gasteiger partial charge in [0.2, 0.25) is 0 Å². The van der Waals surface area contributed by atoms with E-state index in [-0.39, 0.29) is 6.61 Å². The monoisotopic (exact) mass is 324 g/mol. The van der Waals surface area contributed by atoms with E-state index < -0.39 is 6.04 Å². The molecule has 23 heavy (non-hydrogen) atoms. The first kappa shape index (κ1) is 17.4. The molecular formula is C15H24N4O4. The van der Waals surface area contributed by atoms with Gasteiger partial charge in [-0.3, -0.25) is 0 Å². The standard InChI is InChI=1S/C15H24N4O4/c1-21-15(13-6-5-9-22-16-10-13)18-23-12-14(17-20)11-19-7-3-2-4-8-19/h6,10,14H,2-5,7-9,11-12H2,1H3/b18-15-. The molecule has 0 radical (unpaired) electrons. The normalized spacial score (nSPS) is 20.9. The van der Waals surface area contributed by atoms with Gasteiger partial charge in [-0.1, -0.05) is 22.8 Å². The van der Waals surface area contributed by atoms with Crippen molar-refractivity contribution in [2.45, 2.75) is 31.7 Å². The van der Waals surface area contributed by atoms with Crippen LogP contribution in [0.3, 0.4) is 0 Å². The SMILES string of the molecule is CO/C(=N\OCC(CN1CCCCC1)N=O)C1=CCCON=C1. The Balaban J connectivity index is 1.83. The van der Waals surface area contributed by atoms with Gasteiger partial charge in [0.25, 0.3) is 5.90 Å². The van der Waals surface area contributed by atoms with Crippen molar-refractivity contribution < 1.29 is 14.4 Å². The van der Waals surface area contributed by atoms with E-state index in [0.717, 1.165) is 13.1 Å². The van der Waals surface area contributed by atoms with E-state index in [4.69, 9.17) is 14.4 Å². The maximum Gasteiger partial charge on any atom is 0.258 e. The Kier molecular flexibility index (Phi) is 7.51. The molecule has 8 heteroatoms. The van der Waals surface area contributed by atoms with Crippen LogP contribution in [-0.2, 0) is 14.4 Å². The van der Waals surface area contributed by atoms with E-state index >= 15 is 0 Å². The molecule has 0 aromatic rings. The highest BCUT2D eigenvalue weighted by molar-refractivity contribution is 6.11. The minimum atomic E-state index is -0.435. The second-order valence-corrected chi connectivity index (χ2v) is 5.53. The van der Waals surface area contributed by atoms with E-state index in [9.17, 15) is 4.91 Å². The van der Waals surface area contributed by atoms with Crippen molar-refractivity contribution in [3.8, 4) is 0 Å². The predicted octanol–water partition coefficient (Wildman–Crippen LogP) is 1.92. The third-order valence-corrected chi connectivity index (χ3v) is 3.76. The fourth-order valence-corrected chi connectivity index (χ4v) is 2.56. The minimum absolute atomic E-state index is 0.133. The molecule has 0 aromatic carbocycles. The average molecular weight is 324 g/mol. The number of hydrogen-bond acceptors (Lipinski definition) is 8. The summed E-state index contributed by atoms with van der Waals surface area (Å²) >= 11 is 0. The van der Waals surface area contributed by atoms with Crippen LogP contribution in [0.25, 0.3) is 0 Å². The van der Waals surface area contributed by atoms with Gasteiger partial charge in [-0.25, -0.2) is 0 Å². The van der Waals surface area contributed by atoms with E-state index in [0.29, 0.717) is 31.0 Å². The number of nitroso groups, excluding NO2 is 1. The third-order valence-electron chi connectivity index (χ3n) is 3.76. The number of piperidine rings is 1. The second-order valence-electron chi connectivity index (χ2n) is 5.53. The molecule has 1 fully saturated rings. The van der Waals surface area contributed by atoms with Crippen LogP contribution >= 0.6 is 0 Å². The number of likely N-dealkylation sites (tertiary alicyclic amines) is 1. The van der Waals surface area contributed by atoms with E-state index in [1.54, 1.807) is 0 Å². The van der Waals surface area contributed by atoms with Crippen molar-refractivity contribution in [3.05, 3.63) is 16.6 Å². The van der Waals surface area contributed by atoms with Gasteiger partial charge in [0.1, 0.15) is 19.3 Å². The Labute approximate surface area is 136 Å². The van der Waals surface area contributed by atoms with Crippen molar-refractivity contribution in [2.75, 3.05) is 40.0 Å². The lowest BCUT2D eigenvalue weighted by Gasteiger charge is -2.27. The highest BCUT2D eigenvalue weighted by Crippen LogP contribution is 2.10. The van der Waals surface area contributed by atoms with Crippen LogP contribution in [0.15, 0.2) is 27.1 Å². The first-order valence-corrected chi connectivity index (χ1v) is 7.98. The van der Waals surface area contributed by atoms with Crippen LogP contribution in [0.4, 0.5) is 0 Å². The maximum absolute atomic E-state index is 11.0. The van der Waals surface area contributed by atoms with Gasteiger partial charge >= 0.3 is 0 Å². The predicted molar refractivity (Wildman–Crippen MR) is 87.4 cm³/mol. The van der Waals surface area contributed by atoms with E-state index in [2.05, 4.69) is 20.4 Å². The van der Waals surface area contributed by atoms with Crippen LogP contribution < -0.4 is 0 Å². The van der Waals surface area contributed by atoms with Gasteiger partial charge in [-0.15, -0.1) is 0 Å². The van der Waals surface area contributed by atoms with Crippen LogP contribution in [0, 0.1) is 4.91 Å². The first-order chi connectivity index (χ1) is 11.3. The molecule has 0 N–H and O–H groups in total.